The molecule has 1 aliphatic heterocycles. The Labute approximate surface area is 118 Å². The molecule has 0 radical (unpaired) electrons. The fourth-order valence-corrected chi connectivity index (χ4v) is 2.91. The number of nitrogens with zero attached hydrogens (tertiary/aromatic N) is 1. The van der Waals surface area contributed by atoms with Gasteiger partial charge in [0.1, 0.15) is 0 Å². The van der Waals surface area contributed by atoms with Gasteiger partial charge in [-0.15, -0.1) is 11.8 Å². The second-order valence-corrected chi connectivity index (χ2v) is 5.62. The zero-order chi connectivity index (χ0) is 13.5. The predicted octanol–water partition coefficient (Wildman–Crippen LogP) is 2.00. The van der Waals surface area contributed by atoms with Gasteiger partial charge in [0.15, 0.2) is 0 Å². The van der Waals surface area contributed by atoms with Crippen molar-refractivity contribution in [2.45, 2.75) is 17.7 Å². The molecule has 0 aromatic heterocycles. The summed E-state index contributed by atoms with van der Waals surface area (Å²) in [5.41, 5.74) is 6.68. The van der Waals surface area contributed by atoms with Crippen molar-refractivity contribution in [3.05, 3.63) is 24.3 Å². The average Bonchev–Trinajstić information content (AvgIpc) is 2.46. The Balaban J connectivity index is 1.66. The van der Waals surface area contributed by atoms with Gasteiger partial charge in [0.2, 0.25) is 5.91 Å². The van der Waals surface area contributed by atoms with Crippen LogP contribution in [-0.2, 0) is 9.53 Å². The van der Waals surface area contributed by atoms with Gasteiger partial charge in [-0.3, -0.25) is 4.79 Å². The second kappa shape index (κ2) is 7.40. The quantitative estimate of drug-likeness (QED) is 0.509. The number of hydrogen-bond donors (Lipinski definition) is 1. The van der Waals surface area contributed by atoms with Gasteiger partial charge in [-0.25, -0.2) is 0 Å². The van der Waals surface area contributed by atoms with E-state index in [9.17, 15) is 4.79 Å². The van der Waals surface area contributed by atoms with Gasteiger partial charge in [0.25, 0.3) is 0 Å². The number of ether oxygens (including phenoxy) is 1. The van der Waals surface area contributed by atoms with Crippen LogP contribution >= 0.6 is 11.8 Å². The Hall–Kier alpha value is -1.20. The number of nitrogens with two attached hydrogens (primary N) is 1. The summed E-state index contributed by atoms with van der Waals surface area (Å²) in [5, 5.41) is 0. The lowest BCUT2D eigenvalue weighted by molar-refractivity contribution is -0.135. The Kier molecular flexibility index (Phi) is 5.54. The maximum atomic E-state index is 11.9. The molecule has 1 heterocycles. The van der Waals surface area contributed by atoms with Crippen LogP contribution in [0.2, 0.25) is 0 Å². The normalized spacial score (nSPS) is 15.5. The number of carbonyl (C=O) groups excluding carboxylic acids is 1. The fraction of sp³-hybridized carbons (Fsp3) is 0.500. The van der Waals surface area contributed by atoms with Crippen LogP contribution in [0, 0.1) is 0 Å². The highest BCUT2D eigenvalue weighted by Crippen LogP contribution is 2.25. The molecule has 0 bridgehead atoms. The third-order valence-corrected chi connectivity index (χ3v) is 4.25. The van der Waals surface area contributed by atoms with Crippen molar-refractivity contribution in [3.8, 4) is 0 Å². The lowest BCUT2D eigenvalue weighted by Gasteiger charge is -2.26. The van der Waals surface area contributed by atoms with Crippen molar-refractivity contribution in [1.82, 2.24) is 4.90 Å². The van der Waals surface area contributed by atoms with E-state index in [4.69, 9.17) is 10.5 Å². The Bertz CT molecular complexity index is 420. The first-order valence-corrected chi connectivity index (χ1v) is 7.59. The first kappa shape index (κ1) is 14.2. The van der Waals surface area contributed by atoms with Crippen LogP contribution in [0.1, 0.15) is 12.8 Å². The van der Waals surface area contributed by atoms with E-state index in [0.717, 1.165) is 35.8 Å². The number of rotatable bonds is 5. The summed E-state index contributed by atoms with van der Waals surface area (Å²) < 4.78 is 5.23. The molecule has 4 nitrogen and oxygen atoms in total. The minimum Gasteiger partial charge on any atom is -0.398 e. The molecule has 1 aromatic carbocycles. The zero-order valence-electron chi connectivity index (χ0n) is 11.0. The Morgan fingerprint density at radius 3 is 2.79 bits per heavy atom. The van der Waals surface area contributed by atoms with Crippen LogP contribution in [0.5, 0.6) is 0 Å². The molecule has 0 aliphatic carbocycles. The number of anilines is 1. The first-order chi connectivity index (χ1) is 9.27. The van der Waals surface area contributed by atoms with E-state index in [1.807, 2.05) is 29.2 Å². The number of para-hydroxylation sites is 1. The van der Waals surface area contributed by atoms with Gasteiger partial charge in [-0.05, 0) is 24.3 Å². The van der Waals surface area contributed by atoms with E-state index < -0.39 is 0 Å². The average molecular weight is 280 g/mol. The van der Waals surface area contributed by atoms with Crippen molar-refractivity contribution in [2.75, 3.05) is 37.8 Å². The molecule has 1 aliphatic rings. The summed E-state index contributed by atoms with van der Waals surface area (Å²) >= 11 is 1.72. The molecular formula is C14H20N2O2S. The summed E-state index contributed by atoms with van der Waals surface area (Å²) in [5.74, 6) is 1.16. The minimum atomic E-state index is 0.241. The van der Waals surface area contributed by atoms with E-state index >= 15 is 0 Å². The topological polar surface area (TPSA) is 55.6 Å². The van der Waals surface area contributed by atoms with Gasteiger partial charge in [0.05, 0.1) is 13.2 Å². The molecule has 19 heavy (non-hydrogen) atoms. The van der Waals surface area contributed by atoms with Gasteiger partial charge in [0, 0.05) is 30.1 Å². The number of morpholine rings is 1. The van der Waals surface area contributed by atoms with E-state index in [1.165, 1.54) is 0 Å². The van der Waals surface area contributed by atoms with E-state index in [1.54, 1.807) is 11.8 Å². The summed E-state index contributed by atoms with van der Waals surface area (Å²) in [6.07, 6.45) is 1.49. The van der Waals surface area contributed by atoms with Crippen LogP contribution in [0.4, 0.5) is 5.69 Å². The van der Waals surface area contributed by atoms with Gasteiger partial charge in [-0.2, -0.15) is 0 Å². The van der Waals surface area contributed by atoms with Crippen molar-refractivity contribution in [1.29, 1.82) is 0 Å². The summed E-state index contributed by atoms with van der Waals surface area (Å²) in [6, 6.07) is 7.84. The molecule has 1 saturated heterocycles. The largest absolute Gasteiger partial charge is 0.398 e. The molecule has 2 N–H and O–H groups in total. The van der Waals surface area contributed by atoms with Gasteiger partial charge < -0.3 is 15.4 Å². The number of nitrogen functional groups attached to an aromatic ring is 1. The molecule has 0 unspecified atom stereocenters. The van der Waals surface area contributed by atoms with Crippen molar-refractivity contribution >= 4 is 23.4 Å². The molecule has 0 spiro atoms. The molecule has 0 saturated carbocycles. The van der Waals surface area contributed by atoms with Gasteiger partial charge >= 0.3 is 0 Å². The SMILES string of the molecule is Nc1ccccc1SCCCC(=O)N1CCOCC1. The van der Waals surface area contributed by atoms with Crippen LogP contribution < -0.4 is 5.73 Å². The lowest BCUT2D eigenvalue weighted by Crippen LogP contribution is -2.40. The van der Waals surface area contributed by atoms with Crippen molar-refractivity contribution in [3.63, 3.8) is 0 Å². The number of benzene rings is 1. The van der Waals surface area contributed by atoms with Crippen LogP contribution in [-0.4, -0.2) is 42.9 Å². The van der Waals surface area contributed by atoms with Crippen LogP contribution in [0.15, 0.2) is 29.2 Å². The zero-order valence-corrected chi connectivity index (χ0v) is 11.8. The molecule has 5 heteroatoms. The van der Waals surface area contributed by atoms with E-state index in [2.05, 4.69) is 0 Å². The summed E-state index contributed by atoms with van der Waals surface area (Å²) in [7, 11) is 0. The first-order valence-electron chi connectivity index (χ1n) is 6.60. The third kappa shape index (κ3) is 4.44. The smallest absolute Gasteiger partial charge is 0.222 e. The number of thioether (sulfide) groups is 1. The highest BCUT2D eigenvalue weighted by Gasteiger charge is 2.15. The van der Waals surface area contributed by atoms with Gasteiger partial charge in [-0.1, -0.05) is 12.1 Å². The molecular weight excluding hydrogens is 260 g/mol. The second-order valence-electron chi connectivity index (χ2n) is 4.48. The third-order valence-electron chi connectivity index (χ3n) is 3.08. The van der Waals surface area contributed by atoms with Crippen LogP contribution in [0.3, 0.4) is 0 Å². The molecule has 1 amide bonds. The molecule has 1 aromatic rings. The monoisotopic (exact) mass is 280 g/mol. The summed E-state index contributed by atoms with van der Waals surface area (Å²) in [6.45, 7) is 2.80. The Morgan fingerprint density at radius 2 is 2.05 bits per heavy atom. The highest BCUT2D eigenvalue weighted by atomic mass is 32.2. The molecule has 2 rings (SSSR count). The highest BCUT2D eigenvalue weighted by molar-refractivity contribution is 7.99. The summed E-state index contributed by atoms with van der Waals surface area (Å²) in [4.78, 5) is 14.9. The van der Waals surface area contributed by atoms with E-state index in [0.29, 0.717) is 19.6 Å². The van der Waals surface area contributed by atoms with Crippen molar-refractivity contribution < 1.29 is 9.53 Å². The Morgan fingerprint density at radius 1 is 1.32 bits per heavy atom. The molecule has 1 fully saturated rings. The molecule has 0 atom stereocenters. The number of carbonyl (C=O) groups is 1. The van der Waals surface area contributed by atoms with Crippen molar-refractivity contribution in [2.24, 2.45) is 0 Å². The standard InChI is InChI=1S/C14H20N2O2S/c15-12-4-1-2-5-13(12)19-11-3-6-14(17)16-7-9-18-10-8-16/h1-2,4-5H,3,6-11,15H2. The fourth-order valence-electron chi connectivity index (χ4n) is 1.99. The maximum Gasteiger partial charge on any atom is 0.222 e. The number of amides is 1. The lowest BCUT2D eigenvalue weighted by atomic mass is 10.3. The minimum absolute atomic E-state index is 0.241. The van der Waals surface area contributed by atoms with E-state index in [-0.39, 0.29) is 5.91 Å². The molecule has 104 valence electrons. The number of hydrogen-bond acceptors (Lipinski definition) is 4. The predicted molar refractivity (Wildman–Crippen MR) is 78.2 cm³/mol. The maximum absolute atomic E-state index is 11.9. The van der Waals surface area contributed by atoms with Crippen LogP contribution in [0.25, 0.3) is 0 Å².